The van der Waals surface area contributed by atoms with E-state index in [-0.39, 0.29) is 71.2 Å². The van der Waals surface area contributed by atoms with Gasteiger partial charge in [0.15, 0.2) is 0 Å². The van der Waals surface area contributed by atoms with Crippen molar-refractivity contribution in [3.63, 3.8) is 0 Å². The second kappa shape index (κ2) is 56.4. The number of nitrogens with one attached hydrogen (secondary N) is 2. The summed E-state index contributed by atoms with van der Waals surface area (Å²) in [5.41, 5.74) is 41.5. The number of rotatable bonds is 59. The molecule has 0 saturated heterocycles. The second-order valence-corrected chi connectivity index (χ2v) is 34.0. The fourth-order valence-corrected chi connectivity index (χ4v) is 16.3. The predicted molar refractivity (Wildman–Crippen MR) is 518 cm³/mol. The number of nitrogens with two attached hydrogens (primary N) is 6. The van der Waals surface area contributed by atoms with Crippen LogP contribution in [0.15, 0.2) is 212 Å². The largest absolute Gasteiger partial charge is 0.368 e. The number of carbonyl (C=O) groups excluding carboxylic acids is 12. The van der Waals surface area contributed by atoms with Gasteiger partial charge in [-0.2, -0.15) is 0 Å². The van der Waals surface area contributed by atoms with Crippen molar-refractivity contribution in [3.8, 4) is 0 Å². The van der Waals surface area contributed by atoms with E-state index in [2.05, 4.69) is 10.3 Å². The Morgan fingerprint density at radius 3 is 0.797 bits per heavy atom. The van der Waals surface area contributed by atoms with Gasteiger partial charge < -0.3 is 98.6 Å². The average Bonchev–Trinajstić information content (AvgIpc) is 1.70. The minimum Gasteiger partial charge on any atom is -0.368 e. The minimum absolute atomic E-state index is 0.0252. The molecule has 0 bridgehead atoms. The SMILES string of the molecule is C[C@@H](c1ccccc1)N(CC(N)=O)C(=O)CN(CCCCN)C(=O)CN(CCCCN)C(=O)CN(C(=O)CN(C(=O)CN(CCCCN)C(=O)CN(CCc1c[nH]c2ccccc12)C(=O)CN(C(=O)CN(CCCCN)C(=O)CN(C(=O)CN(C(=O)CNCCCCN)[C@@H](C)c1ccccc1)[C@@H](C)c1ccccc1)[C@@H](C)c1ccccc1)[C@@H](C)c1ccccc1)[C@@H](C)c1ccccc1. The highest BCUT2D eigenvalue weighted by Crippen LogP contribution is 2.30. The monoisotopic (exact) mass is 1820 g/mol. The maximum atomic E-state index is 16.0. The molecular weight excluding hydrogens is 1680 g/mol. The molecule has 0 spiro atoms. The van der Waals surface area contributed by atoms with Crippen LogP contribution >= 0.6 is 0 Å². The third-order valence-corrected chi connectivity index (χ3v) is 24.6. The quantitative estimate of drug-likeness (QED) is 0.0167. The zero-order valence-electron chi connectivity index (χ0n) is 78.5. The smallest absolute Gasteiger partial charge is 0.243 e. The third kappa shape index (κ3) is 33.0. The molecule has 0 aliphatic carbocycles. The number of aromatic nitrogens is 1. The summed E-state index contributed by atoms with van der Waals surface area (Å²) in [7, 11) is 0. The van der Waals surface area contributed by atoms with E-state index >= 15 is 38.4 Å². The Hall–Kier alpha value is -12.5. The number of H-pyrrole nitrogens is 1. The van der Waals surface area contributed by atoms with Gasteiger partial charge in [-0.1, -0.05) is 200 Å². The van der Waals surface area contributed by atoms with Gasteiger partial charge in [-0.25, -0.2) is 0 Å². The summed E-state index contributed by atoms with van der Waals surface area (Å²) in [6.45, 7) is 6.86. The molecule has 0 aliphatic heterocycles. The first-order valence-corrected chi connectivity index (χ1v) is 46.7. The molecule has 12 amide bonds. The molecule has 14 N–H and O–H groups in total. The number of aromatic amines is 1. The lowest BCUT2D eigenvalue weighted by molar-refractivity contribution is -0.151. The lowest BCUT2D eigenvalue weighted by Gasteiger charge is -2.37. The number of fused-ring (bicyclic) bond motifs is 1. The van der Waals surface area contributed by atoms with Gasteiger partial charge in [0.2, 0.25) is 70.9 Å². The molecule has 716 valence electrons. The van der Waals surface area contributed by atoms with Crippen LogP contribution < -0.4 is 39.7 Å². The summed E-state index contributed by atoms with van der Waals surface area (Å²) in [4.78, 5) is 201. The van der Waals surface area contributed by atoms with E-state index in [9.17, 15) is 19.2 Å². The van der Waals surface area contributed by atoms with Crippen molar-refractivity contribution in [3.05, 3.63) is 251 Å². The van der Waals surface area contributed by atoms with Crippen molar-refractivity contribution in [2.45, 2.75) is 148 Å². The third-order valence-electron chi connectivity index (χ3n) is 24.6. The summed E-state index contributed by atoms with van der Waals surface area (Å²) in [5.74, 6) is -7.24. The molecule has 8 rings (SSSR count). The zero-order valence-corrected chi connectivity index (χ0v) is 78.5. The number of benzene rings is 7. The Kier molecular flexibility index (Phi) is 44.9. The van der Waals surface area contributed by atoms with Gasteiger partial charge in [-0.3, -0.25) is 57.5 Å². The molecule has 31 nitrogen and oxygen atoms in total. The van der Waals surface area contributed by atoms with Gasteiger partial charge in [0.25, 0.3) is 0 Å². The number of hydrogen-bond donors (Lipinski definition) is 8. The van der Waals surface area contributed by atoms with Gasteiger partial charge in [0, 0.05) is 49.8 Å². The number of carbonyl (C=O) groups is 12. The van der Waals surface area contributed by atoms with Crippen molar-refractivity contribution in [1.29, 1.82) is 0 Å². The Balaban J connectivity index is 1.12. The van der Waals surface area contributed by atoms with E-state index in [1.54, 1.807) is 64.1 Å². The Morgan fingerprint density at radius 2 is 0.504 bits per heavy atom. The van der Waals surface area contributed by atoms with Crippen LogP contribution in [-0.2, 0) is 64.0 Å². The van der Waals surface area contributed by atoms with Gasteiger partial charge >= 0.3 is 0 Å². The molecule has 7 aromatic carbocycles. The molecule has 0 unspecified atom stereocenters. The van der Waals surface area contributed by atoms with Crippen LogP contribution in [0, 0.1) is 0 Å². The van der Waals surface area contributed by atoms with E-state index in [4.69, 9.17) is 34.4 Å². The first-order valence-electron chi connectivity index (χ1n) is 46.7. The highest BCUT2D eigenvalue weighted by Gasteiger charge is 2.38. The van der Waals surface area contributed by atoms with E-state index < -0.39 is 173 Å². The standard InChI is InChI=1S/C102H141N19O12/c1-76(82-37-13-7-14-38-82)116(65-91(108)122)98(129)68-112(59-34-29-54-105)93(124)66-111(58-33-28-53-104)95(126)71-120(80(5)86-45-21-11-22-46-86)102(133)75-121(81(6)87-47-23-12-24-48-87)100(131)69-113(60-35-30-55-106)94(125)67-115(62-51-88-63-110-90-50-26-25-49-89(88)90)97(128)73-118(78(3)84-41-17-9-18-42-84)99(130)70-114(61-36-31-56-107)96(127)72-119(79(4)85-43-19-10-20-44-85)101(132)74-117(77(2)83-39-15-8-16-40-83)92(123)64-109-57-32-27-52-103/h7-26,37-50,63,76-81,109-110H,27-36,51-62,64-75,103-107H2,1-6H3,(H2,108,122)/t76-,77-,78-,79-,80-,81-/m0/s1. The van der Waals surface area contributed by atoms with Crippen LogP contribution in [0.3, 0.4) is 0 Å². The lowest BCUT2D eigenvalue weighted by atomic mass is 10.1. The van der Waals surface area contributed by atoms with E-state index in [0.29, 0.717) is 93.3 Å². The van der Waals surface area contributed by atoms with Crippen molar-refractivity contribution in [2.24, 2.45) is 34.4 Å². The predicted octanol–water partition coefficient (Wildman–Crippen LogP) is 8.16. The summed E-state index contributed by atoms with van der Waals surface area (Å²) in [5, 5.41) is 4.09. The van der Waals surface area contributed by atoms with Crippen LogP contribution in [0.5, 0.6) is 0 Å². The molecule has 0 aliphatic rings. The number of nitrogens with zero attached hydrogens (tertiary/aromatic N) is 11. The average molecular weight is 1830 g/mol. The van der Waals surface area contributed by atoms with Crippen LogP contribution in [0.25, 0.3) is 10.9 Å². The molecule has 0 fully saturated rings. The summed E-state index contributed by atoms with van der Waals surface area (Å²) in [6.07, 6.45) is 6.87. The molecule has 0 radical (unpaired) electrons. The Morgan fingerprint density at radius 1 is 0.271 bits per heavy atom. The van der Waals surface area contributed by atoms with Crippen LogP contribution in [0.2, 0.25) is 0 Å². The van der Waals surface area contributed by atoms with Crippen LogP contribution in [-0.4, -0.2) is 280 Å². The molecule has 1 aromatic heterocycles. The fraction of sp³-hybridized carbons (Fsp3) is 0.451. The van der Waals surface area contributed by atoms with Crippen molar-refractivity contribution in [2.75, 3.05) is 151 Å². The maximum absolute atomic E-state index is 16.0. The first-order chi connectivity index (χ1) is 64.2. The fourth-order valence-electron chi connectivity index (χ4n) is 16.3. The first kappa shape index (κ1) is 106. The van der Waals surface area contributed by atoms with Crippen molar-refractivity contribution >= 4 is 81.8 Å². The molecule has 31 heteroatoms. The molecule has 0 saturated carbocycles. The number of para-hydroxylation sites is 1. The maximum Gasteiger partial charge on any atom is 0.243 e. The molecule has 133 heavy (non-hydrogen) atoms. The Labute approximate surface area is 784 Å². The minimum atomic E-state index is -0.849. The summed E-state index contributed by atoms with van der Waals surface area (Å²) < 4.78 is 0. The lowest BCUT2D eigenvalue weighted by Crippen LogP contribution is -2.53. The van der Waals surface area contributed by atoms with Gasteiger partial charge in [0.1, 0.15) is 32.7 Å². The highest BCUT2D eigenvalue weighted by molar-refractivity contribution is 5.96. The van der Waals surface area contributed by atoms with E-state index in [1.165, 1.54) is 53.9 Å². The second-order valence-electron chi connectivity index (χ2n) is 34.0. The summed E-state index contributed by atoms with van der Waals surface area (Å²) in [6, 6.07) is 58.0. The van der Waals surface area contributed by atoms with E-state index in [0.717, 1.165) is 40.4 Å². The van der Waals surface area contributed by atoms with Gasteiger partial charge in [-0.15, -0.1) is 0 Å². The van der Waals surface area contributed by atoms with Crippen molar-refractivity contribution < 1.29 is 57.5 Å². The van der Waals surface area contributed by atoms with Crippen molar-refractivity contribution in [1.82, 2.24) is 64.2 Å². The number of primary amides is 1. The normalized spacial score (nSPS) is 12.5. The number of amides is 12. The summed E-state index contributed by atoms with van der Waals surface area (Å²) >= 11 is 0. The zero-order chi connectivity index (χ0) is 96.1. The van der Waals surface area contributed by atoms with E-state index in [1.807, 2.05) is 190 Å². The Bertz CT molecular complexity index is 4950. The molecular formula is C102H141N19O12. The van der Waals surface area contributed by atoms with Gasteiger partial charge in [0.05, 0.1) is 82.1 Å². The van der Waals surface area contributed by atoms with Crippen LogP contribution in [0.4, 0.5) is 0 Å². The number of unbranched alkanes of at least 4 members (excludes halogenated alkanes) is 5. The van der Waals surface area contributed by atoms with Crippen LogP contribution in [0.1, 0.15) is 181 Å². The molecule has 8 aromatic rings. The molecule has 1 heterocycles. The highest BCUT2D eigenvalue weighted by atomic mass is 16.2. The number of hydrogen-bond acceptors (Lipinski definition) is 18. The van der Waals surface area contributed by atoms with Gasteiger partial charge in [-0.05, 0) is 196 Å². The molecule has 6 atom stereocenters. The topological polar surface area (TPSA) is 424 Å².